The molecule has 12 nitrogen and oxygen atoms in total. The summed E-state index contributed by atoms with van der Waals surface area (Å²) in [5.74, 6) is 0.360. The molecule has 5 aromatic carbocycles. The van der Waals surface area contributed by atoms with E-state index in [9.17, 15) is 20.0 Å². The van der Waals surface area contributed by atoms with Crippen molar-refractivity contribution in [2.45, 2.75) is 70.9 Å². The zero-order valence-electron chi connectivity index (χ0n) is 41.5. The van der Waals surface area contributed by atoms with Crippen LogP contribution in [-0.2, 0) is 13.9 Å². The van der Waals surface area contributed by atoms with E-state index < -0.39 is 18.4 Å². The van der Waals surface area contributed by atoms with Crippen LogP contribution in [0.2, 0.25) is 0 Å². The number of carboxylic acids is 1. The molecule has 70 heavy (non-hydrogen) atoms. The third-order valence-electron chi connectivity index (χ3n) is 13.7. The molecule has 2 N–H and O–H groups in total. The molecule has 4 atom stereocenters. The second-order valence-electron chi connectivity index (χ2n) is 19.6. The van der Waals surface area contributed by atoms with Crippen LogP contribution in [0.3, 0.4) is 0 Å². The summed E-state index contributed by atoms with van der Waals surface area (Å²) >= 11 is 1.71. The number of rotatable bonds is 19. The number of hydrogen-bond acceptors (Lipinski definition) is 10. The maximum Gasteiger partial charge on any atom is 0.336 e. The minimum absolute atomic E-state index is 0.0279. The Morgan fingerprint density at radius 2 is 1.53 bits per heavy atom. The number of aliphatic carboxylic acids is 1. The SMILES string of the molecule is CC1=C(C(=O)O)C(c2cccc(N3CCN(c4ccc(N5C[C@@H](C)OP5(=O)c5ccc(N[C@H](CCN(C)C)CSc6ccccc6)c([N+](=O)[O-])c5)cc4)CC3)c2)=C(c2ccc(C)cc2)C1CCC(C)C. The molecule has 2 aliphatic heterocycles. The van der Waals surface area contributed by atoms with Crippen molar-refractivity contribution in [2.75, 3.05) is 78.9 Å². The van der Waals surface area contributed by atoms with Crippen LogP contribution < -0.4 is 25.1 Å². The van der Waals surface area contributed by atoms with Crippen molar-refractivity contribution < 1.29 is 23.9 Å². The molecule has 2 fully saturated rings. The number of nitro groups is 1. The number of nitrogens with one attached hydrogen (secondary N) is 1. The summed E-state index contributed by atoms with van der Waals surface area (Å²) in [6.07, 6.45) is 2.32. The first-order valence-electron chi connectivity index (χ1n) is 24.5. The standard InChI is InChI=1S/C56H67N6O6PS/c1-38(2)16-26-50-41(5)53(56(63)64)55(54(50)42-19-17-39(3)18-20-42)43-12-11-13-47(34-43)60-32-30-59(31-33-60)45-21-23-46(24-22-45)61-36-40(4)68-69(61,67)48-25-27-51(52(35-48)62(65)66)57-44(28-29-58(6)7)37-70-49-14-9-8-10-15-49/h8-15,17-25,27,34-35,38,40,44,50,57H,16,26,28-33,36-37H2,1-7H3,(H,63,64)/t40-,44-,50?,69?/m1/s1. The van der Waals surface area contributed by atoms with Gasteiger partial charge in [-0.15, -0.1) is 11.8 Å². The zero-order valence-corrected chi connectivity index (χ0v) is 43.2. The number of carboxylic acid groups (broad SMARTS) is 1. The Labute approximate surface area is 418 Å². The van der Waals surface area contributed by atoms with E-state index >= 15 is 4.57 Å². The lowest BCUT2D eigenvalue weighted by atomic mass is 9.84. The van der Waals surface area contributed by atoms with Gasteiger partial charge in [-0.05, 0) is 138 Å². The van der Waals surface area contributed by atoms with Crippen LogP contribution in [0.4, 0.5) is 28.4 Å². The Bertz CT molecular complexity index is 2770. The number of aryl methyl sites for hydroxylation is 1. The lowest BCUT2D eigenvalue weighted by Gasteiger charge is -2.37. The topological polar surface area (TPSA) is 132 Å². The molecule has 0 aromatic heterocycles. The zero-order chi connectivity index (χ0) is 49.7. The molecule has 0 bridgehead atoms. The number of piperazine rings is 1. The van der Waals surface area contributed by atoms with Gasteiger partial charge in [0, 0.05) is 77.5 Å². The highest BCUT2D eigenvalue weighted by molar-refractivity contribution is 7.99. The molecule has 0 spiro atoms. The second kappa shape index (κ2) is 22.1. The second-order valence-corrected chi connectivity index (χ2v) is 23.0. The fourth-order valence-electron chi connectivity index (χ4n) is 9.98. The van der Waals surface area contributed by atoms with Gasteiger partial charge in [0.25, 0.3) is 5.69 Å². The Morgan fingerprint density at radius 1 is 0.857 bits per heavy atom. The minimum Gasteiger partial charge on any atom is -0.478 e. The van der Waals surface area contributed by atoms with Crippen LogP contribution in [0.5, 0.6) is 0 Å². The smallest absolute Gasteiger partial charge is 0.336 e. The molecular formula is C56H67N6O6PS. The van der Waals surface area contributed by atoms with Gasteiger partial charge in [-0.2, -0.15) is 0 Å². The molecule has 2 saturated heterocycles. The van der Waals surface area contributed by atoms with Gasteiger partial charge in [0.1, 0.15) is 5.69 Å². The molecule has 2 unspecified atom stereocenters. The average molecular weight is 983 g/mol. The lowest BCUT2D eigenvalue weighted by molar-refractivity contribution is -0.383. The summed E-state index contributed by atoms with van der Waals surface area (Å²) in [6, 6.07) is 39.8. The van der Waals surface area contributed by atoms with E-state index in [0.717, 1.165) is 102 Å². The van der Waals surface area contributed by atoms with Crippen LogP contribution >= 0.6 is 19.3 Å². The first kappa shape index (κ1) is 50.5. The minimum atomic E-state index is -3.73. The Kier molecular flexibility index (Phi) is 15.9. The summed E-state index contributed by atoms with van der Waals surface area (Å²) in [4.78, 5) is 33.2. The molecule has 3 aliphatic rings. The van der Waals surface area contributed by atoms with E-state index in [4.69, 9.17) is 4.52 Å². The highest BCUT2D eigenvalue weighted by atomic mass is 32.2. The van der Waals surface area contributed by atoms with Crippen molar-refractivity contribution in [3.05, 3.63) is 159 Å². The molecule has 368 valence electrons. The molecule has 0 radical (unpaired) electrons. The van der Waals surface area contributed by atoms with Gasteiger partial charge < -0.3 is 29.6 Å². The monoisotopic (exact) mass is 982 g/mol. The maximum atomic E-state index is 15.0. The molecule has 8 rings (SSSR count). The quantitative estimate of drug-likeness (QED) is 0.0353. The van der Waals surface area contributed by atoms with Crippen molar-refractivity contribution in [2.24, 2.45) is 11.8 Å². The number of nitro benzene ring substituents is 1. The molecular weight excluding hydrogens is 916 g/mol. The highest BCUT2D eigenvalue weighted by Gasteiger charge is 2.44. The number of nitrogens with zero attached hydrogens (tertiary/aromatic N) is 5. The summed E-state index contributed by atoms with van der Waals surface area (Å²) in [5, 5.41) is 27.1. The molecule has 5 aromatic rings. The van der Waals surface area contributed by atoms with Crippen molar-refractivity contribution in [3.8, 4) is 0 Å². The summed E-state index contributed by atoms with van der Waals surface area (Å²) in [5.41, 5.74) is 9.52. The number of anilines is 4. The molecule has 0 amide bonds. The van der Waals surface area contributed by atoms with Gasteiger partial charge in [-0.1, -0.05) is 86.0 Å². The number of allylic oxidation sites excluding steroid dienone is 2. The Morgan fingerprint density at radius 3 is 2.17 bits per heavy atom. The largest absolute Gasteiger partial charge is 0.478 e. The highest BCUT2D eigenvalue weighted by Crippen LogP contribution is 2.58. The van der Waals surface area contributed by atoms with Gasteiger partial charge in [-0.3, -0.25) is 19.3 Å². The Hall–Kier alpha value is -5.85. The van der Waals surface area contributed by atoms with Crippen LogP contribution in [0.15, 0.2) is 137 Å². The van der Waals surface area contributed by atoms with Gasteiger partial charge in [0.2, 0.25) is 0 Å². The molecule has 1 aliphatic carbocycles. The number of thioether (sulfide) groups is 1. The van der Waals surface area contributed by atoms with Crippen LogP contribution in [0, 0.1) is 28.9 Å². The van der Waals surface area contributed by atoms with Gasteiger partial charge in [0.15, 0.2) is 0 Å². The first-order chi connectivity index (χ1) is 33.6. The van der Waals surface area contributed by atoms with Crippen LogP contribution in [0.25, 0.3) is 11.1 Å². The van der Waals surface area contributed by atoms with Gasteiger partial charge >= 0.3 is 13.5 Å². The van der Waals surface area contributed by atoms with Gasteiger partial charge in [0.05, 0.1) is 28.4 Å². The van der Waals surface area contributed by atoms with E-state index in [1.165, 1.54) is 11.6 Å². The number of hydrogen-bond donors (Lipinski definition) is 2. The van der Waals surface area contributed by atoms with Crippen molar-refractivity contribution >= 4 is 70.1 Å². The van der Waals surface area contributed by atoms with Gasteiger partial charge in [-0.25, -0.2) is 4.79 Å². The van der Waals surface area contributed by atoms with Crippen LogP contribution in [0.1, 0.15) is 63.6 Å². The Balaban J connectivity index is 0.976. The molecule has 14 heteroatoms. The maximum absolute atomic E-state index is 15.0. The van der Waals surface area contributed by atoms with E-state index in [1.807, 2.05) is 76.5 Å². The first-order valence-corrected chi connectivity index (χ1v) is 27.1. The third kappa shape index (κ3) is 11.3. The van der Waals surface area contributed by atoms with E-state index in [2.05, 4.69) is 95.4 Å². The fourth-order valence-corrected chi connectivity index (χ4v) is 13.5. The molecule has 2 heterocycles. The average Bonchev–Trinajstić information content (AvgIpc) is 3.84. The normalized spacial score (nSPS) is 20.0. The summed E-state index contributed by atoms with van der Waals surface area (Å²) < 4.78 is 23.0. The predicted molar refractivity (Wildman–Crippen MR) is 289 cm³/mol. The lowest BCUT2D eigenvalue weighted by Crippen LogP contribution is -2.46. The fraction of sp³-hybridized carbons (Fsp3) is 0.375. The predicted octanol–water partition coefficient (Wildman–Crippen LogP) is 11.9. The number of carbonyl (C=O) groups is 1. The van der Waals surface area contributed by atoms with E-state index in [-0.39, 0.29) is 29.1 Å². The van der Waals surface area contributed by atoms with Crippen LogP contribution in [-0.4, -0.2) is 92.2 Å². The van der Waals surface area contributed by atoms with Crippen molar-refractivity contribution in [1.29, 1.82) is 0 Å². The number of benzene rings is 5. The summed E-state index contributed by atoms with van der Waals surface area (Å²) in [7, 11) is 0.300. The summed E-state index contributed by atoms with van der Waals surface area (Å²) in [6.45, 7) is 14.7. The third-order valence-corrected chi connectivity index (χ3v) is 17.5. The molecule has 0 saturated carbocycles. The van der Waals surface area contributed by atoms with E-state index in [0.29, 0.717) is 29.5 Å². The van der Waals surface area contributed by atoms with E-state index in [1.54, 1.807) is 28.6 Å². The van der Waals surface area contributed by atoms with Crippen molar-refractivity contribution in [1.82, 2.24) is 4.90 Å². The van der Waals surface area contributed by atoms with Crippen molar-refractivity contribution in [3.63, 3.8) is 0 Å².